The number of likely N-dealkylation sites (tertiary alicyclic amines) is 1. The molecule has 30 heavy (non-hydrogen) atoms. The van der Waals surface area contributed by atoms with Crippen LogP contribution in [-0.4, -0.2) is 53.7 Å². The minimum Gasteiger partial charge on any atom is -0.380 e. The summed E-state index contributed by atoms with van der Waals surface area (Å²) in [5.41, 5.74) is 0.995. The average molecular weight is 491 g/mol. The number of halogens is 1. The normalized spacial score (nSPS) is 25.8. The highest BCUT2D eigenvalue weighted by Gasteiger charge is 2.51. The average Bonchev–Trinajstić information content (AvgIpc) is 3.37. The van der Waals surface area contributed by atoms with Crippen molar-refractivity contribution in [2.45, 2.75) is 30.4 Å². The molecule has 6 nitrogen and oxygen atoms in total. The molecule has 8 heteroatoms. The van der Waals surface area contributed by atoms with E-state index in [1.165, 1.54) is 5.56 Å². The largest absolute Gasteiger partial charge is 0.380 e. The molecule has 3 heterocycles. The van der Waals surface area contributed by atoms with Crippen LogP contribution in [0.4, 0.5) is 0 Å². The van der Waals surface area contributed by atoms with E-state index >= 15 is 0 Å². The van der Waals surface area contributed by atoms with E-state index < -0.39 is 11.1 Å². The van der Waals surface area contributed by atoms with Crippen LogP contribution in [0, 0.1) is 5.92 Å². The van der Waals surface area contributed by atoms with Crippen molar-refractivity contribution in [3.63, 3.8) is 0 Å². The van der Waals surface area contributed by atoms with Crippen molar-refractivity contribution in [2.75, 3.05) is 26.3 Å². The molecule has 2 aliphatic heterocycles. The molecule has 3 aliphatic rings. The number of rotatable bonds is 5. The zero-order valence-corrected chi connectivity index (χ0v) is 19.0. The number of ether oxygens (including phenoxy) is 1. The molecule has 1 aromatic carbocycles. The smallest absolute Gasteiger partial charge is 0.251 e. The molecule has 1 saturated carbocycles. The molecule has 158 valence electrons. The Balaban J connectivity index is 1.17. The maximum absolute atomic E-state index is 12.8. The molecule has 2 saturated heterocycles. The van der Waals surface area contributed by atoms with E-state index in [9.17, 15) is 14.7 Å². The molecular formula is C22H23BrN2O4S. The number of amides is 2. The van der Waals surface area contributed by atoms with Crippen LogP contribution in [0.15, 0.2) is 39.5 Å². The van der Waals surface area contributed by atoms with Gasteiger partial charge in [0.1, 0.15) is 5.60 Å². The van der Waals surface area contributed by atoms with Gasteiger partial charge in [0.15, 0.2) is 0 Å². The first kappa shape index (κ1) is 20.2. The molecule has 2 aromatic rings. The Morgan fingerprint density at radius 3 is 2.70 bits per heavy atom. The van der Waals surface area contributed by atoms with Gasteiger partial charge in [0.25, 0.3) is 5.91 Å². The maximum Gasteiger partial charge on any atom is 0.251 e. The van der Waals surface area contributed by atoms with Gasteiger partial charge in [0, 0.05) is 24.6 Å². The van der Waals surface area contributed by atoms with Crippen molar-refractivity contribution in [2.24, 2.45) is 5.92 Å². The lowest BCUT2D eigenvalue weighted by Gasteiger charge is -2.48. The SMILES string of the molecule is CC1(NC(=O)c2cccc(C3(O)COC3)c2)CN(C(=O)[C@@H]2C[C@H]2c2csc(Br)c2)C1. The summed E-state index contributed by atoms with van der Waals surface area (Å²) in [6.07, 6.45) is 0.904. The van der Waals surface area contributed by atoms with Crippen LogP contribution in [0.1, 0.15) is 40.7 Å². The van der Waals surface area contributed by atoms with Gasteiger partial charge in [-0.15, -0.1) is 11.3 Å². The van der Waals surface area contributed by atoms with Crippen molar-refractivity contribution in [3.8, 4) is 0 Å². The monoisotopic (exact) mass is 490 g/mol. The summed E-state index contributed by atoms with van der Waals surface area (Å²) in [7, 11) is 0. The van der Waals surface area contributed by atoms with E-state index in [4.69, 9.17) is 4.74 Å². The fourth-order valence-corrected chi connectivity index (χ4v) is 5.62. The van der Waals surface area contributed by atoms with Crippen LogP contribution in [0.25, 0.3) is 0 Å². The lowest BCUT2D eigenvalue weighted by atomic mass is 9.89. The number of thiophene rings is 1. The Hall–Kier alpha value is -1.74. The first-order valence-electron chi connectivity index (χ1n) is 10.0. The van der Waals surface area contributed by atoms with Crippen molar-refractivity contribution in [1.29, 1.82) is 0 Å². The third-order valence-corrected chi connectivity index (χ3v) is 7.80. The maximum atomic E-state index is 12.8. The quantitative estimate of drug-likeness (QED) is 0.675. The van der Waals surface area contributed by atoms with Crippen molar-refractivity contribution in [3.05, 3.63) is 56.2 Å². The van der Waals surface area contributed by atoms with Gasteiger partial charge in [-0.3, -0.25) is 9.59 Å². The number of benzene rings is 1. The molecule has 5 rings (SSSR count). The van der Waals surface area contributed by atoms with Crippen molar-refractivity contribution >= 4 is 39.1 Å². The zero-order valence-electron chi connectivity index (χ0n) is 16.6. The van der Waals surface area contributed by atoms with E-state index in [0.717, 1.165) is 10.2 Å². The number of nitrogens with one attached hydrogen (secondary N) is 1. The second-order valence-electron chi connectivity index (χ2n) is 8.95. The molecule has 1 aromatic heterocycles. The third kappa shape index (κ3) is 3.60. The molecule has 0 unspecified atom stereocenters. The molecule has 1 aliphatic carbocycles. The van der Waals surface area contributed by atoms with Crippen LogP contribution in [0.3, 0.4) is 0 Å². The molecule has 2 amide bonds. The summed E-state index contributed by atoms with van der Waals surface area (Å²) in [4.78, 5) is 27.4. The van der Waals surface area contributed by atoms with Gasteiger partial charge in [-0.2, -0.15) is 0 Å². The Bertz CT molecular complexity index is 1010. The fraction of sp³-hybridized carbons (Fsp3) is 0.455. The number of hydrogen-bond donors (Lipinski definition) is 2. The van der Waals surface area contributed by atoms with Crippen LogP contribution in [0.2, 0.25) is 0 Å². The Kier molecular flexibility index (Phi) is 4.81. The van der Waals surface area contributed by atoms with Gasteiger partial charge in [0.2, 0.25) is 5.91 Å². The molecular weight excluding hydrogens is 468 g/mol. The number of carbonyl (C=O) groups is 2. The zero-order chi connectivity index (χ0) is 21.1. The number of aliphatic hydroxyl groups is 1. The van der Waals surface area contributed by atoms with E-state index in [0.29, 0.717) is 30.1 Å². The highest BCUT2D eigenvalue weighted by atomic mass is 79.9. The molecule has 2 N–H and O–H groups in total. The molecule has 0 bridgehead atoms. The summed E-state index contributed by atoms with van der Waals surface area (Å²) in [5, 5.41) is 15.6. The first-order chi connectivity index (χ1) is 14.3. The standard InChI is InChI=1S/C22H23BrN2O4S/c1-21(24-19(26)13-3-2-4-15(5-13)22(28)11-29-12-22)9-25(10-21)20(27)17-7-16(17)14-6-18(23)30-8-14/h2-6,8,16-17,28H,7,9-12H2,1H3,(H,24,26)/t16-,17+/m0/s1. The van der Waals surface area contributed by atoms with Crippen LogP contribution in [-0.2, 0) is 15.1 Å². The summed E-state index contributed by atoms with van der Waals surface area (Å²) in [5.74, 6) is 0.380. The summed E-state index contributed by atoms with van der Waals surface area (Å²) >= 11 is 5.13. The van der Waals surface area contributed by atoms with E-state index in [1.54, 1.807) is 29.5 Å². The van der Waals surface area contributed by atoms with Crippen molar-refractivity contribution in [1.82, 2.24) is 10.2 Å². The number of nitrogens with zero attached hydrogens (tertiary/aromatic N) is 1. The van der Waals surface area contributed by atoms with E-state index in [1.807, 2.05) is 17.9 Å². The summed E-state index contributed by atoms with van der Waals surface area (Å²) in [6.45, 7) is 3.50. The summed E-state index contributed by atoms with van der Waals surface area (Å²) < 4.78 is 6.20. The predicted molar refractivity (Wildman–Crippen MR) is 116 cm³/mol. The molecule has 3 fully saturated rings. The van der Waals surface area contributed by atoms with Crippen LogP contribution in [0.5, 0.6) is 0 Å². The minimum absolute atomic E-state index is 0.0638. The van der Waals surface area contributed by atoms with E-state index in [2.05, 4.69) is 32.7 Å². The van der Waals surface area contributed by atoms with Gasteiger partial charge in [0.05, 0.1) is 22.5 Å². The van der Waals surface area contributed by atoms with Crippen LogP contribution >= 0.6 is 27.3 Å². The Labute approximate surface area is 187 Å². The summed E-state index contributed by atoms with van der Waals surface area (Å²) in [6, 6.07) is 9.14. The predicted octanol–water partition coefficient (Wildman–Crippen LogP) is 2.86. The Morgan fingerprint density at radius 2 is 2.07 bits per heavy atom. The highest BCUT2D eigenvalue weighted by molar-refractivity contribution is 9.11. The second kappa shape index (κ2) is 7.15. The lowest BCUT2D eigenvalue weighted by molar-refractivity contribution is -0.184. The first-order valence-corrected chi connectivity index (χ1v) is 11.7. The van der Waals surface area contributed by atoms with E-state index in [-0.39, 0.29) is 30.9 Å². The number of carbonyl (C=O) groups excluding carboxylic acids is 2. The highest BCUT2D eigenvalue weighted by Crippen LogP contribution is 2.50. The van der Waals surface area contributed by atoms with Crippen LogP contribution < -0.4 is 5.32 Å². The third-order valence-electron chi connectivity index (χ3n) is 6.27. The number of hydrogen-bond acceptors (Lipinski definition) is 5. The second-order valence-corrected chi connectivity index (χ2v) is 11.2. The van der Waals surface area contributed by atoms with Gasteiger partial charge in [-0.1, -0.05) is 12.1 Å². The van der Waals surface area contributed by atoms with Gasteiger partial charge < -0.3 is 20.1 Å². The van der Waals surface area contributed by atoms with Crippen molar-refractivity contribution < 1.29 is 19.4 Å². The Morgan fingerprint density at radius 1 is 1.30 bits per heavy atom. The van der Waals surface area contributed by atoms with Gasteiger partial charge in [-0.25, -0.2) is 0 Å². The minimum atomic E-state index is -1.00. The lowest BCUT2D eigenvalue weighted by Crippen LogP contribution is -2.70. The van der Waals surface area contributed by atoms with Gasteiger partial charge in [-0.05, 0) is 69.9 Å². The molecule has 0 radical (unpaired) electrons. The molecule has 0 spiro atoms. The fourth-order valence-electron chi connectivity index (χ4n) is 4.38. The molecule has 2 atom stereocenters. The van der Waals surface area contributed by atoms with Gasteiger partial charge >= 0.3 is 0 Å². The topological polar surface area (TPSA) is 78.9 Å².